The lowest BCUT2D eigenvalue weighted by Crippen LogP contribution is -2.31. The minimum atomic E-state index is 0.809. The Morgan fingerprint density at radius 1 is 1.07 bits per heavy atom. The molecule has 5 nitrogen and oxygen atoms in total. The molecule has 1 N–H and O–H groups in total. The zero-order valence-corrected chi connectivity index (χ0v) is 18.2. The van der Waals surface area contributed by atoms with E-state index in [1.54, 1.807) is 0 Å². The highest BCUT2D eigenvalue weighted by Crippen LogP contribution is 2.27. The Morgan fingerprint density at radius 2 is 1.83 bits per heavy atom. The van der Waals surface area contributed by atoms with Crippen molar-refractivity contribution >= 4 is 23.5 Å². The molecule has 0 unspecified atom stereocenters. The van der Waals surface area contributed by atoms with Gasteiger partial charge < -0.3 is 9.80 Å². The van der Waals surface area contributed by atoms with E-state index in [4.69, 9.17) is 4.98 Å². The highest BCUT2D eigenvalue weighted by Gasteiger charge is 2.16. The van der Waals surface area contributed by atoms with Crippen molar-refractivity contribution in [2.24, 2.45) is 5.10 Å². The van der Waals surface area contributed by atoms with Gasteiger partial charge in [-0.2, -0.15) is 5.10 Å². The monoisotopic (exact) mass is 393 g/mol. The number of piperidine rings is 1. The molecule has 1 aromatic carbocycles. The SMILES string of the molecule is CCCN(CCC)c1cc(N/N=C/c2cccc(C)c2)nc(N2CCCCC2)c1. The van der Waals surface area contributed by atoms with E-state index in [1.165, 1.54) is 30.5 Å². The topological polar surface area (TPSA) is 43.8 Å². The van der Waals surface area contributed by atoms with Gasteiger partial charge in [0.2, 0.25) is 0 Å². The summed E-state index contributed by atoms with van der Waals surface area (Å²) in [4.78, 5) is 9.76. The number of aromatic nitrogens is 1. The number of nitrogens with zero attached hydrogens (tertiary/aromatic N) is 4. The van der Waals surface area contributed by atoms with Crippen molar-refractivity contribution in [2.75, 3.05) is 41.4 Å². The summed E-state index contributed by atoms with van der Waals surface area (Å²) in [6.45, 7) is 10.9. The number of hydrazone groups is 1. The summed E-state index contributed by atoms with van der Waals surface area (Å²) in [6.07, 6.45) is 7.94. The average molecular weight is 394 g/mol. The van der Waals surface area contributed by atoms with E-state index in [2.05, 4.69) is 77.5 Å². The van der Waals surface area contributed by atoms with Crippen LogP contribution in [0.4, 0.5) is 17.3 Å². The Labute approximate surface area is 175 Å². The Hall–Kier alpha value is -2.56. The maximum Gasteiger partial charge on any atom is 0.150 e. The fraction of sp³-hybridized carbons (Fsp3) is 0.500. The zero-order valence-electron chi connectivity index (χ0n) is 18.2. The number of aryl methyl sites for hydroxylation is 1. The van der Waals surface area contributed by atoms with Gasteiger partial charge in [0.1, 0.15) is 5.82 Å². The molecular formula is C24H35N5. The highest BCUT2D eigenvalue weighted by atomic mass is 15.3. The minimum absolute atomic E-state index is 0.809. The van der Waals surface area contributed by atoms with Crippen LogP contribution in [0.3, 0.4) is 0 Å². The normalized spacial score (nSPS) is 14.4. The van der Waals surface area contributed by atoms with Crippen molar-refractivity contribution in [3.05, 3.63) is 47.5 Å². The maximum atomic E-state index is 4.88. The van der Waals surface area contributed by atoms with Gasteiger partial charge in [0.15, 0.2) is 5.82 Å². The molecule has 1 aliphatic heterocycles. The van der Waals surface area contributed by atoms with Crippen molar-refractivity contribution < 1.29 is 0 Å². The van der Waals surface area contributed by atoms with Crippen LogP contribution in [0, 0.1) is 6.92 Å². The van der Waals surface area contributed by atoms with Crippen LogP contribution in [0.15, 0.2) is 41.5 Å². The molecule has 0 bridgehead atoms. The standard InChI is InChI=1S/C24H35N5/c1-4-12-28(13-5-2)22-17-23(26-24(18-22)29-14-7-6-8-15-29)27-25-19-21-11-9-10-20(3)16-21/h9-11,16-19H,4-8,12-15H2,1-3H3,(H,26,27)/b25-19+. The molecule has 2 aromatic rings. The average Bonchev–Trinajstić information content (AvgIpc) is 2.74. The summed E-state index contributed by atoms with van der Waals surface area (Å²) in [5, 5.41) is 4.46. The third-order valence-corrected chi connectivity index (χ3v) is 5.26. The molecule has 0 atom stereocenters. The predicted molar refractivity (Wildman–Crippen MR) is 125 cm³/mol. The first-order valence-electron chi connectivity index (χ1n) is 11.1. The van der Waals surface area contributed by atoms with Crippen LogP contribution in [-0.2, 0) is 0 Å². The van der Waals surface area contributed by atoms with Gasteiger partial charge in [-0.1, -0.05) is 43.7 Å². The fourth-order valence-electron chi connectivity index (χ4n) is 3.86. The van der Waals surface area contributed by atoms with Crippen LogP contribution in [0.5, 0.6) is 0 Å². The van der Waals surface area contributed by atoms with Gasteiger partial charge in [-0.15, -0.1) is 0 Å². The van der Waals surface area contributed by atoms with Crippen molar-refractivity contribution in [2.45, 2.75) is 52.9 Å². The Balaban J connectivity index is 1.84. The van der Waals surface area contributed by atoms with E-state index in [0.717, 1.165) is 56.2 Å². The fourth-order valence-corrected chi connectivity index (χ4v) is 3.86. The van der Waals surface area contributed by atoms with E-state index in [1.807, 2.05) is 6.21 Å². The number of nitrogens with one attached hydrogen (secondary N) is 1. The Morgan fingerprint density at radius 3 is 2.52 bits per heavy atom. The van der Waals surface area contributed by atoms with E-state index >= 15 is 0 Å². The second-order valence-corrected chi connectivity index (χ2v) is 7.89. The lowest BCUT2D eigenvalue weighted by Gasteiger charge is -2.30. The van der Waals surface area contributed by atoms with E-state index < -0.39 is 0 Å². The largest absolute Gasteiger partial charge is 0.371 e. The van der Waals surface area contributed by atoms with E-state index in [0.29, 0.717) is 0 Å². The number of hydrogen-bond donors (Lipinski definition) is 1. The number of benzene rings is 1. The van der Waals surface area contributed by atoms with Crippen LogP contribution in [0.1, 0.15) is 57.1 Å². The van der Waals surface area contributed by atoms with Gasteiger partial charge in [-0.3, -0.25) is 5.43 Å². The molecule has 1 saturated heterocycles. The quantitative estimate of drug-likeness (QED) is 0.454. The van der Waals surface area contributed by atoms with Crippen molar-refractivity contribution in [1.82, 2.24) is 4.98 Å². The molecule has 0 radical (unpaired) electrons. The first-order valence-corrected chi connectivity index (χ1v) is 11.1. The number of hydrogen-bond acceptors (Lipinski definition) is 5. The zero-order chi connectivity index (χ0) is 20.5. The van der Waals surface area contributed by atoms with Gasteiger partial charge in [-0.25, -0.2) is 4.98 Å². The van der Waals surface area contributed by atoms with Crippen LogP contribution in [0.2, 0.25) is 0 Å². The molecule has 29 heavy (non-hydrogen) atoms. The maximum absolute atomic E-state index is 4.88. The van der Waals surface area contributed by atoms with Gasteiger partial charge in [-0.05, 0) is 44.6 Å². The first kappa shape index (κ1) is 21.2. The molecule has 0 aliphatic carbocycles. The van der Waals surface area contributed by atoms with Gasteiger partial charge in [0, 0.05) is 44.0 Å². The van der Waals surface area contributed by atoms with Gasteiger partial charge in [0.25, 0.3) is 0 Å². The van der Waals surface area contributed by atoms with Crippen molar-refractivity contribution in [3.63, 3.8) is 0 Å². The third-order valence-electron chi connectivity index (χ3n) is 5.26. The number of rotatable bonds is 9. The summed E-state index contributed by atoms with van der Waals surface area (Å²) in [5.41, 5.74) is 6.73. The smallest absolute Gasteiger partial charge is 0.150 e. The Kier molecular flexibility index (Phi) is 7.91. The second-order valence-electron chi connectivity index (χ2n) is 7.89. The predicted octanol–water partition coefficient (Wildman–Crippen LogP) is 5.45. The molecule has 5 heteroatoms. The van der Waals surface area contributed by atoms with E-state index in [9.17, 15) is 0 Å². The molecule has 3 rings (SSSR count). The summed E-state index contributed by atoms with van der Waals surface area (Å²) >= 11 is 0. The third kappa shape index (κ3) is 6.21. The second kappa shape index (κ2) is 10.8. The highest BCUT2D eigenvalue weighted by molar-refractivity contribution is 5.80. The number of pyridine rings is 1. The van der Waals surface area contributed by atoms with Gasteiger partial charge >= 0.3 is 0 Å². The molecule has 0 saturated carbocycles. The van der Waals surface area contributed by atoms with Crippen molar-refractivity contribution in [1.29, 1.82) is 0 Å². The lowest BCUT2D eigenvalue weighted by atomic mass is 10.1. The number of anilines is 3. The molecule has 2 heterocycles. The summed E-state index contributed by atoms with van der Waals surface area (Å²) in [7, 11) is 0. The van der Waals surface area contributed by atoms with Crippen LogP contribution in [0.25, 0.3) is 0 Å². The molecule has 1 aromatic heterocycles. The van der Waals surface area contributed by atoms with E-state index in [-0.39, 0.29) is 0 Å². The summed E-state index contributed by atoms with van der Waals surface area (Å²) in [6, 6.07) is 12.7. The van der Waals surface area contributed by atoms with Crippen LogP contribution in [-0.4, -0.2) is 37.4 Å². The molecule has 0 amide bonds. The summed E-state index contributed by atoms with van der Waals surface area (Å²) < 4.78 is 0. The van der Waals surface area contributed by atoms with Gasteiger partial charge in [0.05, 0.1) is 6.21 Å². The van der Waals surface area contributed by atoms with Crippen molar-refractivity contribution in [3.8, 4) is 0 Å². The molecular weight excluding hydrogens is 358 g/mol. The lowest BCUT2D eigenvalue weighted by molar-refractivity contribution is 0.573. The molecule has 1 aliphatic rings. The molecule has 0 spiro atoms. The first-order chi connectivity index (χ1) is 14.2. The molecule has 156 valence electrons. The Bertz CT molecular complexity index is 790. The summed E-state index contributed by atoms with van der Waals surface area (Å²) in [5.74, 6) is 1.87. The van der Waals surface area contributed by atoms with Crippen LogP contribution >= 0.6 is 0 Å². The molecule has 1 fully saturated rings. The minimum Gasteiger partial charge on any atom is -0.371 e. The van der Waals surface area contributed by atoms with Crippen LogP contribution < -0.4 is 15.2 Å².